The summed E-state index contributed by atoms with van der Waals surface area (Å²) in [6, 6.07) is 0. The summed E-state index contributed by atoms with van der Waals surface area (Å²) in [6.07, 6.45) is 4.64. The van der Waals surface area contributed by atoms with Crippen molar-refractivity contribution in [3.63, 3.8) is 0 Å². The van der Waals surface area contributed by atoms with Gasteiger partial charge in [-0.25, -0.2) is 0 Å². The van der Waals surface area contributed by atoms with Crippen LogP contribution in [0.3, 0.4) is 0 Å². The summed E-state index contributed by atoms with van der Waals surface area (Å²) in [5.41, 5.74) is 0. The molecule has 0 saturated carbocycles. The molecule has 0 N–H and O–H groups in total. The molecule has 0 amide bonds. The van der Waals surface area contributed by atoms with Crippen molar-refractivity contribution in [2.75, 3.05) is 6.61 Å². The molecule has 84 valence electrons. The van der Waals surface area contributed by atoms with E-state index in [4.69, 9.17) is 4.74 Å². The molecule has 0 aliphatic carbocycles. The summed E-state index contributed by atoms with van der Waals surface area (Å²) in [6.45, 7) is 5.02. The van der Waals surface area contributed by atoms with E-state index >= 15 is 0 Å². The summed E-state index contributed by atoms with van der Waals surface area (Å²) < 4.78 is 4.86. The van der Waals surface area contributed by atoms with Gasteiger partial charge in [-0.05, 0) is 0 Å². The van der Waals surface area contributed by atoms with Crippen LogP contribution in [0.4, 0.5) is 0 Å². The van der Waals surface area contributed by atoms with Crippen LogP contribution in [-0.4, -0.2) is 38.8 Å². The first-order valence-electron chi connectivity index (χ1n) is 5.14. The van der Waals surface area contributed by atoms with Crippen LogP contribution in [0.1, 0.15) is 39.5 Å². The van der Waals surface area contributed by atoms with Crippen molar-refractivity contribution in [1.82, 2.24) is 0 Å². The van der Waals surface area contributed by atoms with Gasteiger partial charge >= 0.3 is 106 Å². The van der Waals surface area contributed by atoms with Gasteiger partial charge in [0, 0.05) is 0 Å². The Morgan fingerprint density at radius 1 is 1.36 bits per heavy atom. The fourth-order valence-corrected chi connectivity index (χ4v) is 1.44. The first kappa shape index (κ1) is 14.6. The topological polar surface area (TPSA) is 26.3 Å². The van der Waals surface area contributed by atoms with E-state index in [9.17, 15) is 4.79 Å². The van der Waals surface area contributed by atoms with E-state index in [0.29, 0.717) is 6.61 Å². The van der Waals surface area contributed by atoms with E-state index in [1.165, 1.54) is 12.8 Å². The van der Waals surface area contributed by atoms with Crippen LogP contribution in [0.5, 0.6) is 0 Å². The van der Waals surface area contributed by atoms with Crippen LogP contribution in [0.25, 0.3) is 0 Å². The van der Waals surface area contributed by atoms with Gasteiger partial charge in [0.15, 0.2) is 0 Å². The molecular weight excluding hydrogens is 306 g/mol. The van der Waals surface area contributed by atoms with Crippen LogP contribution >= 0.6 is 12.6 Å². The molecule has 0 aliphatic rings. The number of hydrogen-bond donors (Lipinski definition) is 1. The molecule has 1 atom stereocenters. The fraction of sp³-hybridized carbons (Fsp3) is 0.900. The number of ether oxygens (including phenoxy) is 1. The molecule has 14 heavy (non-hydrogen) atoms. The number of hydrogen-bond acceptors (Lipinski definition) is 3. The third-order valence-corrected chi connectivity index (χ3v) is 2.90. The van der Waals surface area contributed by atoms with E-state index in [2.05, 4.69) is 26.5 Å². The Balaban J connectivity index is 3.18. The first-order chi connectivity index (χ1) is 6.54. The molecule has 0 aliphatic heterocycles. The zero-order valence-corrected chi connectivity index (χ0v) is 13.2. The average Bonchev–Trinajstić information content (AvgIpc) is 2.09. The fourth-order valence-electron chi connectivity index (χ4n) is 1.09. The van der Waals surface area contributed by atoms with Gasteiger partial charge in [0.1, 0.15) is 0 Å². The maximum absolute atomic E-state index is 11.0. The summed E-state index contributed by atoms with van der Waals surface area (Å²) in [5.74, 6) is 0.625. The Hall–Kier alpha value is 0.638. The van der Waals surface area contributed by atoms with Crippen molar-refractivity contribution in [1.29, 1.82) is 0 Å². The quantitative estimate of drug-likeness (QED) is 0.333. The van der Waals surface area contributed by atoms with Crippen LogP contribution < -0.4 is 0 Å². The van der Waals surface area contributed by atoms with Crippen molar-refractivity contribution in [2.45, 2.75) is 42.7 Å². The van der Waals surface area contributed by atoms with Gasteiger partial charge in [0.2, 0.25) is 0 Å². The number of rotatable bonds is 7. The Labute approximate surface area is 106 Å². The Kier molecular flexibility index (Phi) is 9.31. The zero-order chi connectivity index (χ0) is 11.0. The molecule has 0 radical (unpaired) electrons. The van der Waals surface area contributed by atoms with Gasteiger partial charge in [-0.15, -0.1) is 0 Å². The molecule has 4 heteroatoms. The van der Waals surface area contributed by atoms with Gasteiger partial charge in [0.25, 0.3) is 0 Å². The van der Waals surface area contributed by atoms with E-state index in [1.54, 1.807) is 0 Å². The van der Waals surface area contributed by atoms with Crippen molar-refractivity contribution in [3.8, 4) is 0 Å². The molecule has 0 bridgehead atoms. The second-order valence-corrected chi connectivity index (χ2v) is 7.92. The monoisotopic (exact) mass is 326 g/mol. The molecule has 0 aromatic carbocycles. The van der Waals surface area contributed by atoms with Gasteiger partial charge < -0.3 is 0 Å². The van der Waals surface area contributed by atoms with Crippen LogP contribution in [0.2, 0.25) is 0 Å². The Bertz CT molecular complexity index is 160. The predicted octanol–water partition coefficient (Wildman–Crippen LogP) is 1.64. The van der Waals surface area contributed by atoms with Gasteiger partial charge in [-0.3, -0.25) is 0 Å². The SMILES string of the molecule is CC(C)CCCCCOC(=O)[CH](S)[SbH2]. The summed E-state index contributed by atoms with van der Waals surface area (Å²) >= 11 is 4.87. The minimum absolute atomic E-state index is 0.153. The molecule has 0 spiro atoms. The molecule has 0 heterocycles. The molecule has 0 saturated heterocycles. The summed E-state index contributed by atoms with van der Waals surface area (Å²) in [7, 11) is 0. The van der Waals surface area contributed by atoms with E-state index in [0.717, 1.165) is 41.8 Å². The van der Waals surface area contributed by atoms with Crippen LogP contribution in [-0.2, 0) is 9.53 Å². The van der Waals surface area contributed by atoms with Gasteiger partial charge in [-0.2, -0.15) is 0 Å². The van der Waals surface area contributed by atoms with Crippen LogP contribution in [0, 0.1) is 5.92 Å². The molecule has 0 fully saturated rings. The third-order valence-electron chi connectivity index (χ3n) is 1.91. The predicted molar refractivity (Wildman–Crippen MR) is 65.6 cm³/mol. The maximum atomic E-state index is 11.0. The minimum atomic E-state index is -0.170. The number of thiol groups is 1. The van der Waals surface area contributed by atoms with E-state index in [1.807, 2.05) is 0 Å². The summed E-state index contributed by atoms with van der Waals surface area (Å²) in [5, 5.41) is 0. The van der Waals surface area contributed by atoms with Crippen molar-refractivity contribution in [2.24, 2.45) is 5.92 Å². The molecule has 0 aromatic heterocycles. The molecule has 1 unspecified atom stereocenters. The normalized spacial score (nSPS) is 12.9. The number of unbranched alkanes of at least 4 members (excludes halogenated alkanes) is 2. The molecular formula is C10H21O2SSb. The molecule has 0 aromatic rings. The first-order valence-corrected chi connectivity index (χ1v) is 7.56. The number of esters is 1. The van der Waals surface area contributed by atoms with Crippen LogP contribution in [0.15, 0.2) is 0 Å². The van der Waals surface area contributed by atoms with Crippen molar-refractivity contribution < 1.29 is 9.53 Å². The number of carbonyl (C=O) groups is 1. The Morgan fingerprint density at radius 2 is 2.00 bits per heavy atom. The third kappa shape index (κ3) is 9.20. The van der Waals surface area contributed by atoms with E-state index < -0.39 is 0 Å². The average molecular weight is 327 g/mol. The van der Waals surface area contributed by atoms with Crippen molar-refractivity contribution in [3.05, 3.63) is 0 Å². The molecule has 2 nitrogen and oxygen atoms in total. The van der Waals surface area contributed by atoms with E-state index in [-0.39, 0.29) is 9.17 Å². The van der Waals surface area contributed by atoms with Crippen molar-refractivity contribution >= 4 is 41.6 Å². The van der Waals surface area contributed by atoms with Gasteiger partial charge in [-0.1, -0.05) is 0 Å². The zero-order valence-electron chi connectivity index (χ0n) is 9.03. The van der Waals surface area contributed by atoms with Gasteiger partial charge in [0.05, 0.1) is 0 Å². The molecule has 0 rings (SSSR count). The Morgan fingerprint density at radius 3 is 2.50 bits per heavy atom. The summed E-state index contributed by atoms with van der Waals surface area (Å²) in [4.78, 5) is 11.0. The standard InChI is InChI=1S/C10H19O2S.Sb.2H/c1-9(2)6-4-3-5-7-12-10(11)8-13;;;/h8-9,13H,3-7H2,1-2H3;;;. The number of carbonyl (C=O) groups excluding carboxylic acids is 1. The second-order valence-electron chi connectivity index (χ2n) is 3.86. The second kappa shape index (κ2) is 8.91.